The van der Waals surface area contributed by atoms with E-state index in [0.29, 0.717) is 0 Å². The predicted molar refractivity (Wildman–Crippen MR) is 56.3 cm³/mol. The van der Waals surface area contributed by atoms with Crippen molar-refractivity contribution in [2.24, 2.45) is 0 Å². The zero-order valence-corrected chi connectivity index (χ0v) is 9.97. The lowest BCUT2D eigenvalue weighted by atomic mass is 10.2. The maximum Gasteiger partial charge on any atom is 0.573 e. The fourth-order valence-electron chi connectivity index (χ4n) is 1.24. The van der Waals surface area contributed by atoms with Crippen molar-refractivity contribution in [1.29, 1.82) is 5.26 Å². The topological polar surface area (TPSA) is 55.1 Å². The van der Waals surface area contributed by atoms with E-state index < -0.39 is 12.1 Å². The molecule has 0 saturated heterocycles. The first kappa shape index (κ1) is 14.4. The van der Waals surface area contributed by atoms with Crippen LogP contribution in [0.1, 0.15) is 11.3 Å². The quantitative estimate of drug-likeness (QED) is 0.796. The first-order chi connectivity index (χ1) is 8.41. The fourth-order valence-corrected chi connectivity index (χ4v) is 1.43. The number of hydrogen-bond donors (Lipinski definition) is 0. The molecule has 0 saturated carbocycles. The molecule has 98 valence electrons. The number of methoxy groups -OCH3 is 1. The molecule has 0 aromatic carbocycles. The van der Waals surface area contributed by atoms with Crippen LogP contribution in [0.4, 0.5) is 13.2 Å². The fraction of sp³-hybridized carbons (Fsp3) is 0.400. The number of hydrogen-bond acceptors (Lipinski definition) is 4. The molecule has 0 aliphatic heterocycles. The van der Waals surface area contributed by atoms with Gasteiger partial charge in [-0.15, -0.1) is 24.8 Å². The number of rotatable bonds is 4. The van der Waals surface area contributed by atoms with Crippen molar-refractivity contribution in [3.05, 3.63) is 17.3 Å². The smallest absolute Gasteiger partial charge is 0.481 e. The average Bonchev–Trinajstić information content (AvgIpc) is 2.29. The largest absolute Gasteiger partial charge is 0.573 e. The summed E-state index contributed by atoms with van der Waals surface area (Å²) in [5, 5.41) is 8.54. The first-order valence-corrected chi connectivity index (χ1v) is 5.20. The molecule has 1 aromatic rings. The maximum atomic E-state index is 12.2. The van der Waals surface area contributed by atoms with Gasteiger partial charge in [0, 0.05) is 5.56 Å². The second-order valence-corrected chi connectivity index (χ2v) is 3.39. The number of nitrogens with zero attached hydrogens (tertiary/aromatic N) is 2. The van der Waals surface area contributed by atoms with Crippen LogP contribution in [-0.2, 0) is 12.3 Å². The van der Waals surface area contributed by atoms with Gasteiger partial charge in [-0.1, -0.05) is 0 Å². The molecule has 0 unspecified atom stereocenters. The highest BCUT2D eigenvalue weighted by Gasteiger charge is 2.33. The van der Waals surface area contributed by atoms with Crippen LogP contribution in [0.2, 0.25) is 0 Å². The van der Waals surface area contributed by atoms with Crippen molar-refractivity contribution in [2.75, 3.05) is 7.11 Å². The molecule has 4 nitrogen and oxygen atoms in total. The van der Waals surface area contributed by atoms with Gasteiger partial charge in [0.25, 0.3) is 0 Å². The molecule has 1 rings (SSSR count). The molecule has 0 atom stereocenters. The Labute approximate surface area is 106 Å². The van der Waals surface area contributed by atoms with Gasteiger partial charge >= 0.3 is 6.36 Å². The third kappa shape index (κ3) is 3.67. The molecule has 18 heavy (non-hydrogen) atoms. The number of ether oxygens (including phenoxy) is 2. The Bertz CT molecular complexity index is 471. The molecule has 8 heteroatoms. The predicted octanol–water partition coefficient (Wildman–Crippen LogP) is 2.79. The normalized spacial score (nSPS) is 10.9. The number of halogens is 4. The van der Waals surface area contributed by atoms with Gasteiger partial charge in [0.15, 0.2) is 5.75 Å². The third-order valence-corrected chi connectivity index (χ3v) is 2.20. The summed E-state index contributed by atoms with van der Waals surface area (Å²) in [5.41, 5.74) is 0.0978. The zero-order chi connectivity index (χ0) is 13.8. The molecular weight excluding hydrogens is 273 g/mol. The van der Waals surface area contributed by atoms with Gasteiger partial charge in [-0.25, -0.2) is 4.98 Å². The Morgan fingerprint density at radius 2 is 2.17 bits per heavy atom. The second kappa shape index (κ2) is 5.78. The van der Waals surface area contributed by atoms with E-state index in [1.807, 2.05) is 0 Å². The molecule has 0 amide bonds. The van der Waals surface area contributed by atoms with Gasteiger partial charge < -0.3 is 9.47 Å². The highest BCUT2D eigenvalue weighted by atomic mass is 35.5. The Kier molecular flexibility index (Phi) is 4.62. The van der Waals surface area contributed by atoms with Crippen LogP contribution in [-0.4, -0.2) is 18.5 Å². The summed E-state index contributed by atoms with van der Waals surface area (Å²) in [4.78, 5) is 3.78. The minimum absolute atomic E-state index is 0.0739. The Balaban J connectivity index is 3.25. The number of pyridine rings is 1. The van der Waals surface area contributed by atoms with Crippen LogP contribution in [0.3, 0.4) is 0 Å². The van der Waals surface area contributed by atoms with E-state index in [0.717, 1.165) is 6.07 Å². The Morgan fingerprint density at radius 3 is 2.61 bits per heavy atom. The summed E-state index contributed by atoms with van der Waals surface area (Å²) < 4.78 is 45.2. The van der Waals surface area contributed by atoms with Crippen molar-refractivity contribution in [3.8, 4) is 17.7 Å². The van der Waals surface area contributed by atoms with E-state index >= 15 is 0 Å². The minimum Gasteiger partial charge on any atom is -0.481 e. The summed E-state index contributed by atoms with van der Waals surface area (Å²) in [6.45, 7) is 0. The zero-order valence-electron chi connectivity index (χ0n) is 9.21. The monoisotopic (exact) mass is 280 g/mol. The summed E-state index contributed by atoms with van der Waals surface area (Å²) in [7, 11) is 1.30. The van der Waals surface area contributed by atoms with Gasteiger partial charge in [-0.2, -0.15) is 5.26 Å². The van der Waals surface area contributed by atoms with Gasteiger partial charge in [-0.05, 0) is 6.07 Å². The standard InChI is InChI=1S/C10H8ClF3N2O2/c1-17-9-6(5-11)4-8(18-10(12,13)14)7(16-9)2-3-15/h4H,2,5H2,1H3. The van der Waals surface area contributed by atoms with E-state index in [4.69, 9.17) is 21.6 Å². The van der Waals surface area contributed by atoms with E-state index in [1.54, 1.807) is 6.07 Å². The average molecular weight is 281 g/mol. The third-order valence-electron chi connectivity index (χ3n) is 1.91. The lowest BCUT2D eigenvalue weighted by Crippen LogP contribution is -2.19. The Morgan fingerprint density at radius 1 is 1.50 bits per heavy atom. The van der Waals surface area contributed by atoms with Crippen LogP contribution < -0.4 is 9.47 Å². The van der Waals surface area contributed by atoms with E-state index in [1.165, 1.54) is 7.11 Å². The molecule has 0 spiro atoms. The molecule has 0 aliphatic rings. The van der Waals surface area contributed by atoms with Crippen LogP contribution in [0.15, 0.2) is 6.07 Å². The van der Waals surface area contributed by atoms with Crippen molar-refractivity contribution < 1.29 is 22.6 Å². The first-order valence-electron chi connectivity index (χ1n) is 4.66. The molecule has 0 fully saturated rings. The Hall–Kier alpha value is -1.68. The molecule has 0 N–H and O–H groups in total. The van der Waals surface area contributed by atoms with E-state index in [9.17, 15) is 13.2 Å². The van der Waals surface area contributed by atoms with Gasteiger partial charge in [0.2, 0.25) is 5.88 Å². The van der Waals surface area contributed by atoms with Gasteiger partial charge in [0.05, 0.1) is 25.5 Å². The maximum absolute atomic E-state index is 12.2. The summed E-state index contributed by atoms with van der Waals surface area (Å²) in [6, 6.07) is 2.77. The summed E-state index contributed by atoms with van der Waals surface area (Å²) >= 11 is 5.56. The second-order valence-electron chi connectivity index (χ2n) is 3.12. The van der Waals surface area contributed by atoms with Crippen LogP contribution in [0.25, 0.3) is 0 Å². The SMILES string of the molecule is COc1nc(CC#N)c(OC(F)(F)F)cc1CCl. The molecule has 0 aliphatic carbocycles. The van der Waals surface area contributed by atoms with Crippen molar-refractivity contribution in [3.63, 3.8) is 0 Å². The number of alkyl halides is 4. The van der Waals surface area contributed by atoms with Crippen LogP contribution >= 0.6 is 11.6 Å². The van der Waals surface area contributed by atoms with Crippen LogP contribution in [0.5, 0.6) is 11.6 Å². The lowest BCUT2D eigenvalue weighted by molar-refractivity contribution is -0.275. The molecule has 1 heterocycles. The molecule has 1 aromatic heterocycles. The minimum atomic E-state index is -4.86. The molecule has 0 radical (unpaired) electrons. The van der Waals surface area contributed by atoms with Crippen LogP contribution in [0, 0.1) is 11.3 Å². The number of aromatic nitrogens is 1. The highest BCUT2D eigenvalue weighted by Crippen LogP contribution is 2.31. The van der Waals surface area contributed by atoms with E-state index in [-0.39, 0.29) is 29.4 Å². The summed E-state index contributed by atoms with van der Waals surface area (Å²) in [6.07, 6.45) is -5.19. The van der Waals surface area contributed by atoms with Crippen molar-refractivity contribution in [1.82, 2.24) is 4.98 Å². The van der Waals surface area contributed by atoms with Crippen molar-refractivity contribution in [2.45, 2.75) is 18.7 Å². The highest BCUT2D eigenvalue weighted by molar-refractivity contribution is 6.17. The molecular formula is C10H8ClF3N2O2. The van der Waals surface area contributed by atoms with Gasteiger partial charge in [0.1, 0.15) is 5.69 Å². The number of nitriles is 1. The van der Waals surface area contributed by atoms with Crippen molar-refractivity contribution >= 4 is 11.6 Å². The summed E-state index contributed by atoms with van der Waals surface area (Å²) in [5.74, 6) is -0.553. The van der Waals surface area contributed by atoms with Gasteiger partial charge in [-0.3, -0.25) is 0 Å². The molecule has 0 bridgehead atoms. The lowest BCUT2D eigenvalue weighted by Gasteiger charge is -2.14. The van der Waals surface area contributed by atoms with E-state index in [2.05, 4.69) is 9.72 Å².